The van der Waals surface area contributed by atoms with Crippen molar-refractivity contribution in [3.05, 3.63) is 60.4 Å². The van der Waals surface area contributed by atoms with Crippen LogP contribution >= 0.6 is 0 Å². The Labute approximate surface area is 114 Å². The van der Waals surface area contributed by atoms with E-state index in [9.17, 15) is 4.79 Å². The molecule has 3 rings (SSSR count). The van der Waals surface area contributed by atoms with Crippen LogP contribution in [0.4, 0.5) is 0 Å². The van der Waals surface area contributed by atoms with Gasteiger partial charge in [0.1, 0.15) is 5.75 Å². The molecule has 0 spiro atoms. The van der Waals surface area contributed by atoms with E-state index in [4.69, 9.17) is 9.84 Å². The minimum absolute atomic E-state index is 0.225. The zero-order valence-corrected chi connectivity index (χ0v) is 10.4. The van der Waals surface area contributed by atoms with Gasteiger partial charge >= 0.3 is 5.97 Å². The van der Waals surface area contributed by atoms with Gasteiger partial charge in [-0.25, -0.2) is 9.78 Å². The van der Waals surface area contributed by atoms with Gasteiger partial charge in [0.25, 0.3) is 0 Å². The van der Waals surface area contributed by atoms with Crippen molar-refractivity contribution in [2.45, 2.75) is 0 Å². The zero-order chi connectivity index (χ0) is 13.9. The quantitative estimate of drug-likeness (QED) is 0.788. The second-order valence-electron chi connectivity index (χ2n) is 4.12. The van der Waals surface area contributed by atoms with E-state index >= 15 is 0 Å². The predicted molar refractivity (Wildman–Crippen MR) is 73.0 cm³/mol. The smallest absolute Gasteiger partial charge is 0.336 e. The Balaban J connectivity index is 2.01. The molecule has 3 aromatic rings. The Kier molecular flexibility index (Phi) is 3.01. The summed E-state index contributed by atoms with van der Waals surface area (Å²) in [6.07, 6.45) is 3.24. The average Bonchev–Trinajstić information content (AvgIpc) is 2.47. The monoisotopic (exact) mass is 266 g/mol. The van der Waals surface area contributed by atoms with E-state index in [1.165, 1.54) is 0 Å². The molecule has 0 amide bonds. The molecule has 5 heteroatoms. The van der Waals surface area contributed by atoms with E-state index in [-0.39, 0.29) is 5.56 Å². The van der Waals surface area contributed by atoms with Gasteiger partial charge in [0.15, 0.2) is 0 Å². The largest absolute Gasteiger partial charge is 0.478 e. The van der Waals surface area contributed by atoms with E-state index < -0.39 is 5.97 Å². The number of aromatic nitrogens is 2. The number of hydrogen-bond acceptors (Lipinski definition) is 4. The van der Waals surface area contributed by atoms with Crippen LogP contribution in [0.3, 0.4) is 0 Å². The molecule has 0 aliphatic rings. The van der Waals surface area contributed by atoms with Crippen molar-refractivity contribution in [1.29, 1.82) is 0 Å². The van der Waals surface area contributed by atoms with Gasteiger partial charge in [-0.05, 0) is 30.3 Å². The first kappa shape index (κ1) is 12.1. The molecule has 0 radical (unpaired) electrons. The zero-order valence-electron chi connectivity index (χ0n) is 10.4. The summed E-state index contributed by atoms with van der Waals surface area (Å²) in [7, 11) is 0. The summed E-state index contributed by atoms with van der Waals surface area (Å²) in [6.45, 7) is 0. The molecular weight excluding hydrogens is 256 g/mol. The highest BCUT2D eigenvalue weighted by atomic mass is 16.5. The van der Waals surface area contributed by atoms with Gasteiger partial charge in [-0.15, -0.1) is 0 Å². The summed E-state index contributed by atoms with van der Waals surface area (Å²) in [5.41, 5.74) is 0.800. The molecule has 2 heterocycles. The predicted octanol–water partition coefficient (Wildman–Crippen LogP) is 3.12. The Morgan fingerprint density at radius 3 is 2.75 bits per heavy atom. The number of ether oxygens (including phenoxy) is 1. The van der Waals surface area contributed by atoms with Crippen LogP contribution in [0, 0.1) is 0 Å². The number of rotatable bonds is 3. The lowest BCUT2D eigenvalue weighted by Gasteiger charge is -2.06. The summed E-state index contributed by atoms with van der Waals surface area (Å²) in [5, 5.41) is 9.70. The van der Waals surface area contributed by atoms with E-state index in [1.807, 2.05) is 0 Å². The molecule has 0 bridgehead atoms. The van der Waals surface area contributed by atoms with Gasteiger partial charge in [-0.2, -0.15) is 0 Å². The van der Waals surface area contributed by atoms with Gasteiger partial charge in [0, 0.05) is 17.6 Å². The number of fused-ring (bicyclic) bond motifs is 1. The van der Waals surface area contributed by atoms with Crippen LogP contribution < -0.4 is 4.74 Å². The average molecular weight is 266 g/mol. The Morgan fingerprint density at radius 2 is 2.00 bits per heavy atom. The van der Waals surface area contributed by atoms with Crippen LogP contribution in [0.1, 0.15) is 10.4 Å². The molecule has 5 nitrogen and oxygen atoms in total. The maximum absolute atomic E-state index is 11.1. The van der Waals surface area contributed by atoms with Crippen LogP contribution in [0.5, 0.6) is 11.6 Å². The third-order valence-corrected chi connectivity index (χ3v) is 2.79. The third kappa shape index (κ3) is 2.29. The fourth-order valence-corrected chi connectivity index (χ4v) is 1.91. The molecule has 0 atom stereocenters. The standard InChI is InChI=1S/C15H10N2O3/c18-15(19)12-4-1-5-13-11(12)6-7-14(17-13)20-10-3-2-8-16-9-10/h1-9H,(H,18,19). The number of benzene rings is 1. The Hall–Kier alpha value is -2.95. The molecule has 2 aromatic heterocycles. The summed E-state index contributed by atoms with van der Waals surface area (Å²) >= 11 is 0. The summed E-state index contributed by atoms with van der Waals surface area (Å²) in [4.78, 5) is 19.4. The molecule has 0 unspecified atom stereocenters. The maximum Gasteiger partial charge on any atom is 0.336 e. The Morgan fingerprint density at radius 1 is 1.10 bits per heavy atom. The van der Waals surface area contributed by atoms with Gasteiger partial charge < -0.3 is 9.84 Å². The van der Waals surface area contributed by atoms with Crippen molar-refractivity contribution >= 4 is 16.9 Å². The van der Waals surface area contributed by atoms with Crippen molar-refractivity contribution in [2.75, 3.05) is 0 Å². The molecule has 0 aliphatic heterocycles. The topological polar surface area (TPSA) is 72.3 Å². The fraction of sp³-hybridized carbons (Fsp3) is 0. The minimum atomic E-state index is -0.974. The highest BCUT2D eigenvalue weighted by molar-refractivity contribution is 6.02. The molecule has 1 N–H and O–H groups in total. The minimum Gasteiger partial charge on any atom is -0.478 e. The van der Waals surface area contributed by atoms with Crippen molar-refractivity contribution in [2.24, 2.45) is 0 Å². The second kappa shape index (κ2) is 4.97. The lowest BCUT2D eigenvalue weighted by molar-refractivity contribution is 0.0699. The first-order chi connectivity index (χ1) is 9.74. The number of nitrogens with zero attached hydrogens (tertiary/aromatic N) is 2. The first-order valence-corrected chi connectivity index (χ1v) is 5.95. The van der Waals surface area contributed by atoms with Crippen LogP contribution in [0.2, 0.25) is 0 Å². The van der Waals surface area contributed by atoms with Crippen LogP contribution in [0.25, 0.3) is 10.9 Å². The number of pyridine rings is 2. The fourth-order valence-electron chi connectivity index (χ4n) is 1.91. The van der Waals surface area contributed by atoms with E-state index in [2.05, 4.69) is 9.97 Å². The Bertz CT molecular complexity index is 772. The summed E-state index contributed by atoms with van der Waals surface area (Å²) in [5.74, 6) is 0.0000979. The number of hydrogen-bond donors (Lipinski definition) is 1. The van der Waals surface area contributed by atoms with Crippen LogP contribution in [-0.2, 0) is 0 Å². The molecule has 0 aliphatic carbocycles. The number of aromatic carboxylic acids is 1. The molecule has 0 saturated heterocycles. The van der Waals surface area contributed by atoms with E-state index in [0.717, 1.165) is 0 Å². The molecule has 98 valence electrons. The van der Waals surface area contributed by atoms with Gasteiger partial charge in [-0.1, -0.05) is 6.07 Å². The van der Waals surface area contributed by atoms with Crippen molar-refractivity contribution in [1.82, 2.24) is 9.97 Å². The molecule has 0 fully saturated rings. The molecule has 1 aromatic carbocycles. The summed E-state index contributed by atoms with van der Waals surface area (Å²) < 4.78 is 5.57. The number of carboxylic acid groups (broad SMARTS) is 1. The van der Waals surface area contributed by atoms with Crippen LogP contribution in [0.15, 0.2) is 54.9 Å². The number of carbonyl (C=O) groups is 1. The van der Waals surface area contributed by atoms with Gasteiger partial charge in [-0.3, -0.25) is 4.98 Å². The molecular formula is C15H10N2O3. The van der Waals surface area contributed by atoms with Crippen molar-refractivity contribution in [3.8, 4) is 11.6 Å². The van der Waals surface area contributed by atoms with Gasteiger partial charge in [0.2, 0.25) is 5.88 Å². The van der Waals surface area contributed by atoms with E-state index in [1.54, 1.807) is 54.9 Å². The highest BCUT2D eigenvalue weighted by Gasteiger charge is 2.09. The molecule has 20 heavy (non-hydrogen) atoms. The number of carboxylic acids is 1. The first-order valence-electron chi connectivity index (χ1n) is 5.95. The normalized spacial score (nSPS) is 10.4. The summed E-state index contributed by atoms with van der Waals surface area (Å²) in [6, 6.07) is 11.8. The van der Waals surface area contributed by atoms with Crippen molar-refractivity contribution in [3.63, 3.8) is 0 Å². The van der Waals surface area contributed by atoms with E-state index in [0.29, 0.717) is 22.5 Å². The lowest BCUT2D eigenvalue weighted by atomic mass is 10.1. The van der Waals surface area contributed by atoms with Gasteiger partial charge in [0.05, 0.1) is 17.3 Å². The third-order valence-electron chi connectivity index (χ3n) is 2.79. The van der Waals surface area contributed by atoms with Crippen molar-refractivity contribution < 1.29 is 14.6 Å². The second-order valence-corrected chi connectivity index (χ2v) is 4.12. The SMILES string of the molecule is O=C(O)c1cccc2nc(Oc3cccnc3)ccc12. The van der Waals surface area contributed by atoms with Crippen LogP contribution in [-0.4, -0.2) is 21.0 Å². The molecule has 0 saturated carbocycles. The maximum atomic E-state index is 11.1. The lowest BCUT2D eigenvalue weighted by Crippen LogP contribution is -1.98. The highest BCUT2D eigenvalue weighted by Crippen LogP contribution is 2.23.